The number of nitrogens with zero attached hydrogens (tertiary/aromatic N) is 1. The van der Waals surface area contributed by atoms with Crippen LogP contribution in [0.5, 0.6) is 0 Å². The van der Waals surface area contributed by atoms with Gasteiger partial charge in [-0.05, 0) is 59.2 Å². The smallest absolute Gasteiger partial charge is 0.243 e. The Morgan fingerprint density at radius 1 is 0.717 bits per heavy atom. The number of nitrogens with one attached hydrogen (secondary N) is 4. The van der Waals surface area contributed by atoms with Crippen molar-refractivity contribution in [1.82, 2.24) is 21.3 Å². The number of aliphatic hydroxyl groups excluding tert-OH is 1. The van der Waals surface area contributed by atoms with Crippen molar-refractivity contribution in [3.05, 3.63) is 83.7 Å². The Kier molecular flexibility index (Phi) is 16.1. The van der Waals surface area contributed by atoms with Crippen molar-refractivity contribution < 1.29 is 33.5 Å². The van der Waals surface area contributed by atoms with Gasteiger partial charge in [0.1, 0.15) is 36.0 Å². The fraction of sp³-hybridized carbons (Fsp3) is 0.405. The second kappa shape index (κ2) is 20.4. The van der Waals surface area contributed by atoms with Crippen molar-refractivity contribution >= 4 is 46.3 Å². The van der Waals surface area contributed by atoms with Gasteiger partial charge in [0.2, 0.25) is 29.5 Å². The molecule has 5 atom stereocenters. The fourth-order valence-electron chi connectivity index (χ4n) is 5.55. The van der Waals surface area contributed by atoms with Crippen LogP contribution in [0.2, 0.25) is 0 Å². The quantitative estimate of drug-likeness (QED) is 0.0415. The summed E-state index contributed by atoms with van der Waals surface area (Å²) in [5, 5.41) is 21.9. The molecule has 0 spiro atoms. The molecule has 0 aliphatic rings. The van der Waals surface area contributed by atoms with E-state index in [4.69, 9.17) is 22.9 Å². The largest absolute Gasteiger partial charge is 0.394 e. The van der Waals surface area contributed by atoms with Crippen molar-refractivity contribution in [3.8, 4) is 0 Å². The van der Waals surface area contributed by atoms with Crippen LogP contribution < -0.4 is 44.2 Å². The Hall–Kier alpha value is -5.61. The highest BCUT2D eigenvalue weighted by atomic mass is 19.1. The number of carbonyl (C=O) groups excluding carboxylic acids is 5. The number of aliphatic imine (C=N–C) groups is 1. The second-order valence-corrected chi connectivity index (χ2v) is 13.2. The van der Waals surface area contributed by atoms with Gasteiger partial charge in [0.15, 0.2) is 5.96 Å². The zero-order chi connectivity index (χ0) is 39.1. The second-order valence-electron chi connectivity index (χ2n) is 13.2. The predicted octanol–water partition coefficient (Wildman–Crippen LogP) is -0.392. The molecule has 0 aliphatic heterocycles. The van der Waals surface area contributed by atoms with E-state index in [0.717, 1.165) is 10.8 Å². The monoisotopic (exact) mass is 735 g/mol. The first-order valence-electron chi connectivity index (χ1n) is 17.3. The molecule has 3 aromatic rings. The zero-order valence-electron chi connectivity index (χ0n) is 29.9. The summed E-state index contributed by atoms with van der Waals surface area (Å²) in [6.45, 7) is 3.22. The maximum Gasteiger partial charge on any atom is 0.243 e. The van der Waals surface area contributed by atoms with Crippen LogP contribution in [0, 0.1) is 11.7 Å². The third kappa shape index (κ3) is 13.8. The van der Waals surface area contributed by atoms with Gasteiger partial charge >= 0.3 is 0 Å². The summed E-state index contributed by atoms with van der Waals surface area (Å²) in [7, 11) is 0. The van der Waals surface area contributed by atoms with Gasteiger partial charge in [-0.15, -0.1) is 0 Å². The Morgan fingerprint density at radius 2 is 1.25 bits per heavy atom. The van der Waals surface area contributed by atoms with Gasteiger partial charge in [-0.3, -0.25) is 29.0 Å². The molecular weight excluding hydrogens is 685 g/mol. The summed E-state index contributed by atoms with van der Waals surface area (Å²) < 4.78 is 13.7. The fourth-order valence-corrected chi connectivity index (χ4v) is 5.55. The van der Waals surface area contributed by atoms with Crippen LogP contribution in [0.25, 0.3) is 10.8 Å². The van der Waals surface area contributed by atoms with Gasteiger partial charge in [0, 0.05) is 19.4 Å². The molecule has 0 saturated heterocycles. The lowest BCUT2D eigenvalue weighted by atomic mass is 9.98. The molecule has 0 heterocycles. The van der Waals surface area contributed by atoms with Gasteiger partial charge in [-0.1, -0.05) is 68.4 Å². The number of hydrogen-bond acceptors (Lipinski definition) is 8. The normalized spacial score (nSPS) is 13.9. The number of rotatable bonds is 20. The molecule has 0 aliphatic carbocycles. The number of amides is 5. The molecule has 0 radical (unpaired) electrons. The van der Waals surface area contributed by atoms with E-state index in [1.165, 1.54) is 24.3 Å². The Morgan fingerprint density at radius 3 is 1.83 bits per heavy atom. The van der Waals surface area contributed by atoms with Crippen molar-refractivity contribution in [2.24, 2.45) is 33.8 Å². The van der Waals surface area contributed by atoms with Gasteiger partial charge in [0.25, 0.3) is 0 Å². The average Bonchev–Trinajstić information content (AvgIpc) is 3.11. The SMILES string of the molecule is CC(C)C[C@H](NC(=O)[C@H](Cc1ccc2ccccc2c1)NC(=O)[C@H](Cc1ccc(F)cc1)NC(=O)[C@@H](N)CO)C(=O)N[C@@H](CCCN=C(N)N)C(N)=O. The predicted molar refractivity (Wildman–Crippen MR) is 199 cm³/mol. The third-order valence-electron chi connectivity index (χ3n) is 8.35. The summed E-state index contributed by atoms with van der Waals surface area (Å²) in [5.41, 5.74) is 23.2. The molecule has 15 nitrogen and oxygen atoms in total. The van der Waals surface area contributed by atoms with Crippen LogP contribution in [0.4, 0.5) is 4.39 Å². The molecule has 16 heteroatoms. The maximum absolute atomic E-state index is 14.1. The minimum absolute atomic E-state index is 0.0134. The number of carbonyl (C=O) groups is 5. The van der Waals surface area contributed by atoms with Gasteiger partial charge < -0.3 is 49.3 Å². The Bertz CT molecular complexity index is 1750. The molecule has 0 fully saturated rings. The van der Waals surface area contributed by atoms with E-state index < -0.39 is 72.2 Å². The van der Waals surface area contributed by atoms with Crippen LogP contribution in [-0.2, 0) is 36.8 Å². The Balaban J connectivity index is 1.92. The molecule has 0 aromatic heterocycles. The number of benzene rings is 3. The number of aliphatic hydroxyl groups is 1. The van der Waals surface area contributed by atoms with E-state index in [-0.39, 0.29) is 44.1 Å². The highest BCUT2D eigenvalue weighted by Crippen LogP contribution is 2.18. The van der Waals surface area contributed by atoms with Crippen molar-refractivity contribution in [2.75, 3.05) is 13.2 Å². The average molecular weight is 736 g/mol. The topological polar surface area (TPSA) is 270 Å². The standard InChI is InChI=1S/C37H50FN9O6/c1-21(2)16-29(34(51)44-28(32(40)49)8-5-15-43-37(41)42)46-36(53)31(19-23-9-12-24-6-3-4-7-25(24)17-23)47-35(52)30(45-33(50)27(39)20-48)18-22-10-13-26(38)14-11-22/h3-4,6-7,9-14,17,21,27-31,48H,5,8,15-16,18-20,39H2,1-2H3,(H2,40,49)(H,44,51)(H,45,50)(H,46,53)(H,47,52)(H4,41,42,43)/t27-,28-,29-,30-,31-/m0/s1. The molecule has 3 rings (SSSR count). The highest BCUT2D eigenvalue weighted by molar-refractivity contribution is 5.96. The van der Waals surface area contributed by atoms with E-state index >= 15 is 0 Å². The summed E-state index contributed by atoms with van der Waals surface area (Å²) in [6.07, 6.45) is 0.542. The molecule has 53 heavy (non-hydrogen) atoms. The molecule has 0 bridgehead atoms. The number of fused-ring (bicyclic) bond motifs is 1. The lowest BCUT2D eigenvalue weighted by Crippen LogP contribution is -2.59. The van der Waals surface area contributed by atoms with Crippen LogP contribution in [0.1, 0.15) is 44.2 Å². The minimum atomic E-state index is -1.33. The lowest BCUT2D eigenvalue weighted by molar-refractivity contribution is -0.134. The minimum Gasteiger partial charge on any atom is -0.394 e. The molecule has 0 saturated carbocycles. The number of hydrogen-bond donors (Lipinski definition) is 9. The Labute approximate surface area is 307 Å². The van der Waals surface area contributed by atoms with E-state index in [1.807, 2.05) is 56.3 Å². The van der Waals surface area contributed by atoms with Gasteiger partial charge in [-0.25, -0.2) is 4.39 Å². The molecule has 3 aromatic carbocycles. The van der Waals surface area contributed by atoms with Gasteiger partial charge in [0.05, 0.1) is 6.61 Å². The maximum atomic E-state index is 14.1. The molecule has 5 amide bonds. The molecule has 13 N–H and O–H groups in total. The van der Waals surface area contributed by atoms with Crippen molar-refractivity contribution in [3.63, 3.8) is 0 Å². The van der Waals surface area contributed by atoms with Gasteiger partial charge in [-0.2, -0.15) is 0 Å². The third-order valence-corrected chi connectivity index (χ3v) is 8.35. The first-order valence-corrected chi connectivity index (χ1v) is 17.3. The summed E-state index contributed by atoms with van der Waals surface area (Å²) >= 11 is 0. The number of halogens is 1. The lowest BCUT2D eigenvalue weighted by Gasteiger charge is -2.27. The molecule has 286 valence electrons. The van der Waals surface area contributed by atoms with E-state index in [2.05, 4.69) is 26.3 Å². The van der Waals surface area contributed by atoms with E-state index in [9.17, 15) is 33.5 Å². The number of nitrogens with two attached hydrogens (primary N) is 4. The number of guanidine groups is 1. The number of primary amides is 1. The first kappa shape index (κ1) is 41.8. The van der Waals surface area contributed by atoms with Crippen LogP contribution in [0.3, 0.4) is 0 Å². The van der Waals surface area contributed by atoms with Crippen LogP contribution in [-0.4, -0.2) is 84.0 Å². The zero-order valence-corrected chi connectivity index (χ0v) is 29.9. The van der Waals surface area contributed by atoms with Crippen molar-refractivity contribution in [1.29, 1.82) is 0 Å². The van der Waals surface area contributed by atoms with Crippen LogP contribution >= 0.6 is 0 Å². The van der Waals surface area contributed by atoms with E-state index in [1.54, 1.807) is 0 Å². The summed E-state index contributed by atoms with van der Waals surface area (Å²) in [6, 6.07) is 12.4. The molecule has 0 unspecified atom stereocenters. The van der Waals surface area contributed by atoms with Crippen LogP contribution in [0.15, 0.2) is 71.7 Å². The first-order chi connectivity index (χ1) is 25.2. The highest BCUT2D eigenvalue weighted by Gasteiger charge is 2.32. The van der Waals surface area contributed by atoms with Crippen molar-refractivity contribution in [2.45, 2.75) is 76.2 Å². The summed E-state index contributed by atoms with van der Waals surface area (Å²) in [5.74, 6) is -4.44. The van der Waals surface area contributed by atoms with E-state index in [0.29, 0.717) is 17.5 Å². The summed E-state index contributed by atoms with van der Waals surface area (Å²) in [4.78, 5) is 70.4. The molecular formula is C37H50FN9O6.